The van der Waals surface area contributed by atoms with Gasteiger partial charge in [-0.1, -0.05) is 216 Å². The summed E-state index contributed by atoms with van der Waals surface area (Å²) in [5.74, 6) is 1.77. The zero-order valence-electron chi connectivity index (χ0n) is 40.8. The molecule has 2 nitrogen and oxygen atoms in total. The first-order valence-corrected chi connectivity index (χ1v) is 24.9. The Morgan fingerprint density at radius 1 is 0.208 bits per heavy atom. The minimum absolute atomic E-state index is 0.864. The highest BCUT2D eigenvalue weighted by atomic mass is 16.3. The highest BCUT2D eigenvalue weighted by molar-refractivity contribution is 6.22. The van der Waals surface area contributed by atoms with Gasteiger partial charge in [0.05, 0.1) is 0 Å². The Morgan fingerprint density at radius 3 is 0.833 bits per heavy atom. The van der Waals surface area contributed by atoms with Crippen molar-refractivity contribution in [3.05, 3.63) is 253 Å². The summed E-state index contributed by atoms with van der Waals surface area (Å²) in [5.41, 5.74) is 22.5. The largest absolute Gasteiger partial charge is 0.455 e. The van der Waals surface area contributed by atoms with Crippen LogP contribution in [0.25, 0.3) is 133 Å². The molecule has 11 aromatic carbocycles. The molecule has 0 N–H and O–H groups in total. The second-order valence-electron chi connectivity index (χ2n) is 19.5. The molecule has 0 radical (unpaired) electrons. The molecule has 0 aliphatic rings. The van der Waals surface area contributed by atoms with Crippen molar-refractivity contribution in [2.75, 3.05) is 0 Å². The van der Waals surface area contributed by atoms with Gasteiger partial charge in [-0.05, 0) is 141 Å². The molecule has 13 aromatic rings. The molecule has 0 spiro atoms. The second kappa shape index (κ2) is 17.5. The van der Waals surface area contributed by atoms with E-state index >= 15 is 0 Å². The van der Waals surface area contributed by atoms with Crippen LogP contribution in [-0.2, 0) is 0 Å². The van der Waals surface area contributed by atoms with E-state index in [1.165, 1.54) is 66.1 Å². The molecular weight excluding hydrogens is 873 g/mol. The van der Waals surface area contributed by atoms with Crippen LogP contribution in [0.15, 0.2) is 239 Å². The molecule has 2 aromatic heterocycles. The first kappa shape index (κ1) is 43.1. The van der Waals surface area contributed by atoms with E-state index in [9.17, 15) is 0 Å². The maximum Gasteiger partial charge on any atom is 0.143 e. The van der Waals surface area contributed by atoms with E-state index in [2.05, 4.69) is 258 Å². The van der Waals surface area contributed by atoms with Crippen LogP contribution in [0.1, 0.15) is 22.3 Å². The molecule has 2 heterocycles. The zero-order valence-corrected chi connectivity index (χ0v) is 40.8. The fourth-order valence-corrected chi connectivity index (χ4v) is 10.8. The zero-order chi connectivity index (χ0) is 48.5. The topological polar surface area (TPSA) is 26.3 Å². The fourth-order valence-electron chi connectivity index (χ4n) is 10.8. The number of fused-ring (bicyclic) bond motifs is 4. The number of benzene rings is 11. The Labute approximate surface area is 420 Å². The van der Waals surface area contributed by atoms with Crippen molar-refractivity contribution in [1.82, 2.24) is 0 Å². The van der Waals surface area contributed by atoms with Gasteiger partial charge in [0.2, 0.25) is 0 Å². The van der Waals surface area contributed by atoms with Gasteiger partial charge in [-0.2, -0.15) is 0 Å². The Hall–Kier alpha value is -8.98. The van der Waals surface area contributed by atoms with Crippen LogP contribution in [0.5, 0.6) is 0 Å². The monoisotopic (exact) mass is 922 g/mol. The fraction of sp³-hybridized carbons (Fsp3) is 0.0571. The SMILES string of the molecule is Cc1ccc(-c2oc3cc(-c4ccc5c(-c6ccccc6)c6cc(-c7ccc8c(-c9ccc(C)cc9)c(-c9ccc(C)cc9)oc8c7)ccc6c(-c6ccccc6)c5c4)ccc3c2-c2ccc(C)cc2)cc1. The van der Waals surface area contributed by atoms with E-state index in [-0.39, 0.29) is 0 Å². The molecule has 72 heavy (non-hydrogen) atoms. The molecule has 0 saturated carbocycles. The minimum Gasteiger partial charge on any atom is -0.455 e. The van der Waals surface area contributed by atoms with Crippen molar-refractivity contribution in [1.29, 1.82) is 0 Å². The molecule has 0 saturated heterocycles. The van der Waals surface area contributed by atoms with Gasteiger partial charge in [-0.25, -0.2) is 0 Å². The molecular formula is C70H50O2. The summed E-state index contributed by atoms with van der Waals surface area (Å²) in [6, 6.07) is 84.1. The number of aryl methyl sites for hydroxylation is 4. The molecule has 2 heteroatoms. The van der Waals surface area contributed by atoms with Crippen LogP contribution < -0.4 is 0 Å². The normalized spacial score (nSPS) is 11.6. The summed E-state index contributed by atoms with van der Waals surface area (Å²) in [7, 11) is 0. The number of furan rings is 2. The van der Waals surface area contributed by atoms with Crippen molar-refractivity contribution in [3.63, 3.8) is 0 Å². The highest BCUT2D eigenvalue weighted by Crippen LogP contribution is 2.48. The highest BCUT2D eigenvalue weighted by Gasteiger charge is 2.23. The smallest absolute Gasteiger partial charge is 0.143 e. The minimum atomic E-state index is 0.864. The van der Waals surface area contributed by atoms with Crippen LogP contribution in [0, 0.1) is 27.7 Å². The van der Waals surface area contributed by atoms with Crippen LogP contribution in [-0.4, -0.2) is 0 Å². The summed E-state index contributed by atoms with van der Waals surface area (Å²) < 4.78 is 13.8. The van der Waals surface area contributed by atoms with Crippen molar-refractivity contribution >= 4 is 43.5 Å². The third kappa shape index (κ3) is 7.52. The number of rotatable bonds is 8. The van der Waals surface area contributed by atoms with Crippen LogP contribution in [0.2, 0.25) is 0 Å². The van der Waals surface area contributed by atoms with Crippen molar-refractivity contribution in [2.24, 2.45) is 0 Å². The second-order valence-corrected chi connectivity index (χ2v) is 19.5. The van der Waals surface area contributed by atoms with Gasteiger partial charge >= 0.3 is 0 Å². The first-order chi connectivity index (χ1) is 35.3. The lowest BCUT2D eigenvalue weighted by molar-refractivity contribution is 0.632. The van der Waals surface area contributed by atoms with Crippen LogP contribution in [0.3, 0.4) is 0 Å². The first-order valence-electron chi connectivity index (χ1n) is 24.9. The maximum atomic E-state index is 6.91. The van der Waals surface area contributed by atoms with E-state index in [1.807, 2.05) is 0 Å². The summed E-state index contributed by atoms with van der Waals surface area (Å²) in [6.45, 7) is 8.51. The van der Waals surface area contributed by atoms with Crippen molar-refractivity contribution in [3.8, 4) is 89.4 Å². The Kier molecular flexibility index (Phi) is 10.4. The molecule has 0 bridgehead atoms. The molecule has 0 unspecified atom stereocenters. The molecule has 0 aliphatic carbocycles. The van der Waals surface area contributed by atoms with E-state index < -0.39 is 0 Å². The molecule has 0 fully saturated rings. The Balaban J connectivity index is 0.999. The lowest BCUT2D eigenvalue weighted by Gasteiger charge is -2.19. The number of hydrogen-bond donors (Lipinski definition) is 0. The van der Waals surface area contributed by atoms with E-state index in [1.54, 1.807) is 0 Å². The lowest BCUT2D eigenvalue weighted by Crippen LogP contribution is -1.92. The summed E-state index contributed by atoms with van der Waals surface area (Å²) in [5, 5.41) is 6.98. The average Bonchev–Trinajstić information content (AvgIpc) is 4.00. The van der Waals surface area contributed by atoms with Gasteiger partial charge in [-0.3, -0.25) is 0 Å². The van der Waals surface area contributed by atoms with Crippen LogP contribution in [0.4, 0.5) is 0 Å². The van der Waals surface area contributed by atoms with Gasteiger partial charge in [0.25, 0.3) is 0 Å². The van der Waals surface area contributed by atoms with Crippen molar-refractivity contribution < 1.29 is 8.83 Å². The van der Waals surface area contributed by atoms with Gasteiger partial charge in [-0.15, -0.1) is 0 Å². The Morgan fingerprint density at radius 2 is 0.486 bits per heavy atom. The molecule has 13 rings (SSSR count). The van der Waals surface area contributed by atoms with Gasteiger partial charge in [0.1, 0.15) is 22.7 Å². The molecule has 0 atom stereocenters. The van der Waals surface area contributed by atoms with Gasteiger partial charge < -0.3 is 8.83 Å². The lowest BCUT2D eigenvalue weighted by atomic mass is 9.84. The third-order valence-electron chi connectivity index (χ3n) is 14.6. The van der Waals surface area contributed by atoms with E-state index in [4.69, 9.17) is 8.83 Å². The molecule has 0 amide bonds. The predicted octanol–water partition coefficient (Wildman–Crippen LogP) is 20.1. The van der Waals surface area contributed by atoms with Gasteiger partial charge in [0.15, 0.2) is 0 Å². The maximum absolute atomic E-state index is 6.91. The van der Waals surface area contributed by atoms with Crippen LogP contribution >= 0.6 is 0 Å². The van der Waals surface area contributed by atoms with E-state index in [0.717, 1.165) is 89.1 Å². The average molecular weight is 923 g/mol. The Bertz CT molecular complexity index is 3900. The molecule has 342 valence electrons. The standard InChI is InChI=1S/C70H50O2/c1-43-15-23-49(24-16-43)67-59-37-33-55(41-63(59)71-69(67)51-27-19-45(3)20-28-51)53-31-35-57-61(39-53)65(47-11-7-5-8-12-47)58-36-32-54(40-62(58)66(57)48-13-9-6-10-14-48)56-34-38-60-64(42-56)72-70(52-29-21-46(4)22-30-52)68(60)50-25-17-44(2)18-26-50/h5-42H,1-4H3. The molecule has 0 aliphatic heterocycles. The number of hydrogen-bond acceptors (Lipinski definition) is 2. The summed E-state index contributed by atoms with van der Waals surface area (Å²) in [4.78, 5) is 0. The third-order valence-corrected chi connectivity index (χ3v) is 14.6. The van der Waals surface area contributed by atoms with E-state index in [0.29, 0.717) is 0 Å². The van der Waals surface area contributed by atoms with Crippen molar-refractivity contribution in [2.45, 2.75) is 27.7 Å². The predicted molar refractivity (Wildman–Crippen MR) is 303 cm³/mol. The summed E-state index contributed by atoms with van der Waals surface area (Å²) >= 11 is 0. The quantitative estimate of drug-likeness (QED) is 0.142. The van der Waals surface area contributed by atoms with Gasteiger partial charge in [0, 0.05) is 33.0 Å². The summed E-state index contributed by atoms with van der Waals surface area (Å²) in [6.07, 6.45) is 0.